The Kier molecular flexibility index (Phi) is 6.27. The third-order valence-electron chi connectivity index (χ3n) is 5.62. The number of hydrogen-bond donors (Lipinski definition) is 1. The van der Waals surface area contributed by atoms with Crippen molar-refractivity contribution in [2.24, 2.45) is 0 Å². The zero-order valence-corrected chi connectivity index (χ0v) is 14.9. The van der Waals surface area contributed by atoms with Gasteiger partial charge in [0.1, 0.15) is 0 Å². The first-order valence-corrected chi connectivity index (χ1v) is 9.47. The SMILES string of the molecule is CN(C(=O)CCC1CCCN1)C1CCN(Cc2ccccc2)CC1. The molecule has 1 aromatic rings. The minimum Gasteiger partial charge on any atom is -0.343 e. The fourth-order valence-electron chi connectivity index (χ4n) is 3.99. The molecule has 132 valence electrons. The van der Waals surface area contributed by atoms with Crippen molar-refractivity contribution in [3.8, 4) is 0 Å². The molecule has 1 amide bonds. The molecule has 2 heterocycles. The first-order valence-electron chi connectivity index (χ1n) is 9.47. The molecule has 2 aliphatic rings. The van der Waals surface area contributed by atoms with Crippen LogP contribution in [0.4, 0.5) is 0 Å². The van der Waals surface area contributed by atoms with Crippen LogP contribution in [0.25, 0.3) is 0 Å². The fraction of sp³-hybridized carbons (Fsp3) is 0.650. The molecule has 1 unspecified atom stereocenters. The predicted molar refractivity (Wildman–Crippen MR) is 97.8 cm³/mol. The Labute approximate surface area is 146 Å². The number of hydrogen-bond acceptors (Lipinski definition) is 3. The molecule has 2 saturated heterocycles. The quantitative estimate of drug-likeness (QED) is 0.871. The van der Waals surface area contributed by atoms with Crippen LogP contribution in [-0.4, -0.2) is 54.5 Å². The number of rotatable bonds is 6. The Bertz CT molecular complexity index is 505. The predicted octanol–water partition coefficient (Wildman–Crippen LogP) is 2.64. The summed E-state index contributed by atoms with van der Waals surface area (Å²) in [7, 11) is 2.00. The lowest BCUT2D eigenvalue weighted by Gasteiger charge is -2.37. The summed E-state index contributed by atoms with van der Waals surface area (Å²) in [5, 5.41) is 3.48. The second kappa shape index (κ2) is 8.63. The van der Waals surface area contributed by atoms with Gasteiger partial charge in [-0.25, -0.2) is 0 Å². The topological polar surface area (TPSA) is 35.6 Å². The van der Waals surface area contributed by atoms with Crippen molar-refractivity contribution in [1.29, 1.82) is 0 Å². The van der Waals surface area contributed by atoms with Gasteiger partial charge in [-0.1, -0.05) is 30.3 Å². The van der Waals surface area contributed by atoms with Crippen LogP contribution in [0.1, 0.15) is 44.1 Å². The maximum atomic E-state index is 12.5. The molecule has 1 atom stereocenters. The lowest BCUT2D eigenvalue weighted by Crippen LogP contribution is -2.45. The lowest BCUT2D eigenvalue weighted by atomic mass is 10.0. The minimum absolute atomic E-state index is 0.324. The highest BCUT2D eigenvalue weighted by molar-refractivity contribution is 5.76. The van der Waals surface area contributed by atoms with Crippen molar-refractivity contribution in [1.82, 2.24) is 15.1 Å². The van der Waals surface area contributed by atoms with Gasteiger partial charge >= 0.3 is 0 Å². The average molecular weight is 329 g/mol. The molecule has 2 fully saturated rings. The van der Waals surface area contributed by atoms with Crippen molar-refractivity contribution in [2.75, 3.05) is 26.7 Å². The van der Waals surface area contributed by atoms with E-state index in [-0.39, 0.29) is 0 Å². The van der Waals surface area contributed by atoms with Crippen molar-refractivity contribution < 1.29 is 4.79 Å². The summed E-state index contributed by atoms with van der Waals surface area (Å²) >= 11 is 0. The molecular weight excluding hydrogens is 298 g/mol. The molecule has 0 radical (unpaired) electrons. The van der Waals surface area contributed by atoms with E-state index < -0.39 is 0 Å². The minimum atomic E-state index is 0.324. The van der Waals surface area contributed by atoms with Gasteiger partial charge in [0.05, 0.1) is 0 Å². The summed E-state index contributed by atoms with van der Waals surface area (Å²) in [4.78, 5) is 17.0. The van der Waals surface area contributed by atoms with E-state index in [0.29, 0.717) is 24.4 Å². The van der Waals surface area contributed by atoms with E-state index in [2.05, 4.69) is 40.5 Å². The molecular formula is C20H31N3O. The first-order chi connectivity index (χ1) is 11.7. The van der Waals surface area contributed by atoms with Crippen LogP contribution in [-0.2, 0) is 11.3 Å². The lowest BCUT2D eigenvalue weighted by molar-refractivity contribution is -0.133. The van der Waals surface area contributed by atoms with Gasteiger partial charge in [0, 0.05) is 45.2 Å². The van der Waals surface area contributed by atoms with E-state index >= 15 is 0 Å². The van der Waals surface area contributed by atoms with E-state index in [4.69, 9.17) is 0 Å². The van der Waals surface area contributed by atoms with Gasteiger partial charge in [0.15, 0.2) is 0 Å². The number of benzene rings is 1. The molecule has 0 bridgehead atoms. The zero-order chi connectivity index (χ0) is 16.8. The van der Waals surface area contributed by atoms with Crippen LogP contribution in [0, 0.1) is 0 Å². The largest absolute Gasteiger partial charge is 0.343 e. The van der Waals surface area contributed by atoms with E-state index in [1.165, 1.54) is 18.4 Å². The molecule has 0 saturated carbocycles. The standard InChI is InChI=1S/C20H31N3O/c1-22(20(24)10-9-18-8-5-13-21-18)19-11-14-23(15-12-19)16-17-6-3-2-4-7-17/h2-4,6-7,18-19,21H,5,8-16H2,1H3. The molecule has 4 nitrogen and oxygen atoms in total. The van der Waals surface area contributed by atoms with E-state index in [9.17, 15) is 4.79 Å². The fourth-order valence-corrected chi connectivity index (χ4v) is 3.99. The van der Waals surface area contributed by atoms with Crippen LogP contribution in [0.5, 0.6) is 0 Å². The van der Waals surface area contributed by atoms with Crippen molar-refractivity contribution >= 4 is 5.91 Å². The van der Waals surface area contributed by atoms with Gasteiger partial charge in [0.25, 0.3) is 0 Å². The number of nitrogens with zero attached hydrogens (tertiary/aromatic N) is 2. The van der Waals surface area contributed by atoms with E-state index in [1.807, 2.05) is 11.9 Å². The number of carbonyl (C=O) groups excluding carboxylic acids is 1. The Morgan fingerprint density at radius 1 is 1.21 bits per heavy atom. The van der Waals surface area contributed by atoms with Crippen LogP contribution in [0.15, 0.2) is 30.3 Å². The highest BCUT2D eigenvalue weighted by Gasteiger charge is 2.26. The smallest absolute Gasteiger partial charge is 0.222 e. The van der Waals surface area contributed by atoms with Crippen LogP contribution in [0.2, 0.25) is 0 Å². The molecule has 0 aromatic heterocycles. The highest BCUT2D eigenvalue weighted by atomic mass is 16.2. The Morgan fingerprint density at radius 2 is 1.96 bits per heavy atom. The zero-order valence-electron chi connectivity index (χ0n) is 14.9. The Balaban J connectivity index is 1.39. The Morgan fingerprint density at radius 3 is 2.62 bits per heavy atom. The van der Waals surface area contributed by atoms with Gasteiger partial charge in [0.2, 0.25) is 5.91 Å². The summed E-state index contributed by atoms with van der Waals surface area (Å²) in [5.41, 5.74) is 1.38. The average Bonchev–Trinajstić information content (AvgIpc) is 3.14. The summed E-state index contributed by atoms with van der Waals surface area (Å²) in [5.74, 6) is 0.324. The van der Waals surface area contributed by atoms with Crippen molar-refractivity contribution in [3.63, 3.8) is 0 Å². The molecule has 0 spiro atoms. The number of carbonyl (C=O) groups is 1. The molecule has 0 aliphatic carbocycles. The second-order valence-corrected chi connectivity index (χ2v) is 7.33. The van der Waals surface area contributed by atoms with Crippen molar-refractivity contribution in [2.45, 2.75) is 57.2 Å². The Hall–Kier alpha value is -1.39. The van der Waals surface area contributed by atoms with Gasteiger partial charge in [-0.05, 0) is 44.2 Å². The molecule has 2 aliphatic heterocycles. The molecule has 4 heteroatoms. The number of likely N-dealkylation sites (tertiary alicyclic amines) is 1. The third kappa shape index (κ3) is 4.81. The van der Waals surface area contributed by atoms with Crippen molar-refractivity contribution in [3.05, 3.63) is 35.9 Å². The normalized spacial score (nSPS) is 22.6. The highest BCUT2D eigenvalue weighted by Crippen LogP contribution is 2.19. The number of piperidine rings is 1. The van der Waals surface area contributed by atoms with Crippen LogP contribution in [0.3, 0.4) is 0 Å². The first kappa shape index (κ1) is 17.4. The van der Waals surface area contributed by atoms with Gasteiger partial charge < -0.3 is 10.2 Å². The summed E-state index contributed by atoms with van der Waals surface area (Å²) in [6, 6.07) is 11.6. The van der Waals surface area contributed by atoms with Crippen LogP contribution >= 0.6 is 0 Å². The van der Waals surface area contributed by atoms with E-state index in [0.717, 1.165) is 45.4 Å². The monoisotopic (exact) mass is 329 g/mol. The maximum Gasteiger partial charge on any atom is 0.222 e. The van der Waals surface area contributed by atoms with Crippen LogP contribution < -0.4 is 5.32 Å². The summed E-state index contributed by atoms with van der Waals surface area (Å²) in [6.45, 7) is 4.32. The molecule has 24 heavy (non-hydrogen) atoms. The molecule has 1 aromatic carbocycles. The molecule has 3 rings (SSSR count). The van der Waals surface area contributed by atoms with Gasteiger partial charge in [-0.15, -0.1) is 0 Å². The number of amides is 1. The second-order valence-electron chi connectivity index (χ2n) is 7.33. The summed E-state index contributed by atoms with van der Waals surface area (Å²) < 4.78 is 0. The van der Waals surface area contributed by atoms with Gasteiger partial charge in [-0.2, -0.15) is 0 Å². The summed E-state index contributed by atoms with van der Waals surface area (Å²) in [6.07, 6.45) is 6.37. The number of nitrogens with one attached hydrogen (secondary N) is 1. The molecule has 1 N–H and O–H groups in total. The third-order valence-corrected chi connectivity index (χ3v) is 5.62. The maximum absolute atomic E-state index is 12.5. The van der Waals surface area contributed by atoms with E-state index in [1.54, 1.807) is 0 Å². The van der Waals surface area contributed by atoms with Gasteiger partial charge in [-0.3, -0.25) is 9.69 Å².